The van der Waals surface area contributed by atoms with Crippen molar-refractivity contribution in [3.8, 4) is 5.75 Å². The molecule has 104 valence electrons. The van der Waals surface area contributed by atoms with E-state index in [1.807, 2.05) is 7.05 Å². The second kappa shape index (κ2) is 5.93. The predicted octanol–water partition coefficient (Wildman–Crippen LogP) is 1.95. The normalized spacial score (nSPS) is 17.2. The van der Waals surface area contributed by atoms with E-state index in [-0.39, 0.29) is 17.8 Å². The van der Waals surface area contributed by atoms with Crippen LogP contribution in [0.3, 0.4) is 0 Å². The van der Waals surface area contributed by atoms with Crippen molar-refractivity contribution in [2.75, 3.05) is 32.5 Å². The maximum absolute atomic E-state index is 12.1. The summed E-state index contributed by atoms with van der Waals surface area (Å²) in [4.78, 5) is 16.1. The average Bonchev–Trinajstić information content (AvgIpc) is 2.41. The summed E-state index contributed by atoms with van der Waals surface area (Å²) in [5.74, 6) is 0.0904. The van der Waals surface area contributed by atoms with E-state index < -0.39 is 0 Å². The zero-order valence-corrected chi connectivity index (χ0v) is 11.5. The standard InChI is InChI=1S/C14H21N3O2/c1-16-9-7-11(8-10-16)17(2)14(19)15-12-5-3-4-6-13(12)18/h3-6,11,18H,7-10H2,1-2H3,(H,15,19). The molecule has 0 unspecified atom stereocenters. The van der Waals surface area contributed by atoms with Crippen molar-refractivity contribution in [1.29, 1.82) is 0 Å². The van der Waals surface area contributed by atoms with Crippen LogP contribution in [0.25, 0.3) is 0 Å². The molecule has 5 heteroatoms. The number of carbonyl (C=O) groups is 1. The van der Waals surface area contributed by atoms with Crippen LogP contribution in [0.5, 0.6) is 5.75 Å². The molecular weight excluding hydrogens is 242 g/mol. The molecule has 0 aliphatic carbocycles. The molecule has 1 fully saturated rings. The topological polar surface area (TPSA) is 55.8 Å². The third kappa shape index (κ3) is 3.38. The Morgan fingerprint density at radius 3 is 2.63 bits per heavy atom. The van der Waals surface area contributed by atoms with Gasteiger partial charge in [0, 0.05) is 13.1 Å². The molecule has 0 spiro atoms. The molecule has 0 aromatic heterocycles. The number of aromatic hydroxyl groups is 1. The maximum atomic E-state index is 12.1. The number of urea groups is 1. The third-order valence-electron chi connectivity index (χ3n) is 3.70. The minimum atomic E-state index is -0.170. The zero-order chi connectivity index (χ0) is 13.8. The number of nitrogens with one attached hydrogen (secondary N) is 1. The number of piperidine rings is 1. The van der Waals surface area contributed by atoms with E-state index in [1.54, 1.807) is 29.2 Å². The minimum absolute atomic E-state index is 0.0904. The van der Waals surface area contributed by atoms with Gasteiger partial charge in [0.2, 0.25) is 0 Å². The van der Waals surface area contributed by atoms with Gasteiger partial charge in [0.25, 0.3) is 0 Å². The number of likely N-dealkylation sites (tertiary alicyclic amines) is 1. The first-order valence-electron chi connectivity index (χ1n) is 6.58. The average molecular weight is 263 g/mol. The molecule has 1 saturated heterocycles. The minimum Gasteiger partial charge on any atom is -0.506 e. The van der Waals surface area contributed by atoms with Crippen molar-refractivity contribution in [2.24, 2.45) is 0 Å². The van der Waals surface area contributed by atoms with Gasteiger partial charge in [-0.05, 0) is 45.1 Å². The van der Waals surface area contributed by atoms with Crippen LogP contribution in [0.15, 0.2) is 24.3 Å². The first kappa shape index (κ1) is 13.7. The van der Waals surface area contributed by atoms with Crippen molar-refractivity contribution in [3.05, 3.63) is 24.3 Å². The molecule has 2 rings (SSSR count). The van der Waals surface area contributed by atoms with Gasteiger partial charge in [-0.15, -0.1) is 0 Å². The molecular formula is C14H21N3O2. The van der Waals surface area contributed by atoms with E-state index in [0.29, 0.717) is 5.69 Å². The highest BCUT2D eigenvalue weighted by Crippen LogP contribution is 2.22. The van der Waals surface area contributed by atoms with E-state index >= 15 is 0 Å². The largest absolute Gasteiger partial charge is 0.506 e. The van der Waals surface area contributed by atoms with Crippen LogP contribution >= 0.6 is 0 Å². The van der Waals surface area contributed by atoms with Crippen LogP contribution in [0.2, 0.25) is 0 Å². The summed E-state index contributed by atoms with van der Waals surface area (Å²) in [5.41, 5.74) is 0.451. The summed E-state index contributed by atoms with van der Waals surface area (Å²) in [5, 5.41) is 12.4. The summed E-state index contributed by atoms with van der Waals surface area (Å²) in [6, 6.07) is 6.86. The quantitative estimate of drug-likeness (QED) is 0.802. The van der Waals surface area contributed by atoms with Crippen LogP contribution in [0.4, 0.5) is 10.5 Å². The van der Waals surface area contributed by atoms with E-state index in [1.165, 1.54) is 0 Å². The molecule has 19 heavy (non-hydrogen) atoms. The fraction of sp³-hybridized carbons (Fsp3) is 0.500. The Morgan fingerprint density at radius 1 is 1.37 bits per heavy atom. The van der Waals surface area contributed by atoms with Gasteiger partial charge in [0.15, 0.2) is 0 Å². The summed E-state index contributed by atoms with van der Waals surface area (Å²) in [6.45, 7) is 2.03. The molecule has 2 N–H and O–H groups in total. The van der Waals surface area contributed by atoms with Crippen molar-refractivity contribution in [3.63, 3.8) is 0 Å². The van der Waals surface area contributed by atoms with Gasteiger partial charge in [-0.25, -0.2) is 4.79 Å². The van der Waals surface area contributed by atoms with Crippen LogP contribution < -0.4 is 5.32 Å². The Kier molecular flexibility index (Phi) is 4.27. The molecule has 2 amide bonds. The number of hydrogen-bond acceptors (Lipinski definition) is 3. The van der Waals surface area contributed by atoms with Crippen LogP contribution in [0, 0.1) is 0 Å². The molecule has 1 aliphatic heterocycles. The highest BCUT2D eigenvalue weighted by Gasteiger charge is 2.24. The smallest absolute Gasteiger partial charge is 0.321 e. The van der Waals surface area contributed by atoms with Gasteiger partial charge < -0.3 is 20.2 Å². The lowest BCUT2D eigenvalue weighted by Crippen LogP contribution is -2.46. The Bertz CT molecular complexity index is 442. The van der Waals surface area contributed by atoms with E-state index in [0.717, 1.165) is 25.9 Å². The first-order chi connectivity index (χ1) is 9.08. The second-order valence-electron chi connectivity index (χ2n) is 5.09. The number of para-hydroxylation sites is 2. The fourth-order valence-electron chi connectivity index (χ4n) is 2.33. The lowest BCUT2D eigenvalue weighted by molar-refractivity contribution is 0.156. The number of amides is 2. The van der Waals surface area contributed by atoms with E-state index in [4.69, 9.17) is 0 Å². The number of hydrogen-bond donors (Lipinski definition) is 2. The molecule has 0 radical (unpaired) electrons. The van der Waals surface area contributed by atoms with Crippen LogP contribution in [-0.4, -0.2) is 54.2 Å². The van der Waals surface area contributed by atoms with E-state index in [9.17, 15) is 9.90 Å². The highest BCUT2D eigenvalue weighted by atomic mass is 16.3. The monoisotopic (exact) mass is 263 g/mol. The molecule has 1 heterocycles. The first-order valence-corrected chi connectivity index (χ1v) is 6.58. The number of phenols is 1. The van der Waals surface area contributed by atoms with Gasteiger partial charge in [0.1, 0.15) is 5.75 Å². The SMILES string of the molecule is CN1CCC(N(C)C(=O)Nc2ccccc2O)CC1. The van der Waals surface area contributed by atoms with Crippen LogP contribution in [0.1, 0.15) is 12.8 Å². The van der Waals surface area contributed by atoms with Crippen molar-refractivity contribution in [1.82, 2.24) is 9.80 Å². The fourth-order valence-corrected chi connectivity index (χ4v) is 2.33. The number of phenolic OH excluding ortho intramolecular Hbond substituents is 1. The second-order valence-corrected chi connectivity index (χ2v) is 5.09. The Balaban J connectivity index is 1.94. The van der Waals surface area contributed by atoms with Gasteiger partial charge in [-0.3, -0.25) is 0 Å². The lowest BCUT2D eigenvalue weighted by Gasteiger charge is -2.35. The Morgan fingerprint density at radius 2 is 2.00 bits per heavy atom. The van der Waals surface area contributed by atoms with Gasteiger partial charge in [0.05, 0.1) is 5.69 Å². The van der Waals surface area contributed by atoms with Crippen molar-refractivity contribution < 1.29 is 9.90 Å². The summed E-state index contributed by atoms with van der Waals surface area (Å²) < 4.78 is 0. The highest BCUT2D eigenvalue weighted by molar-refractivity contribution is 5.90. The number of nitrogens with zero attached hydrogens (tertiary/aromatic N) is 2. The summed E-state index contributed by atoms with van der Waals surface area (Å²) >= 11 is 0. The number of carbonyl (C=O) groups excluding carboxylic acids is 1. The van der Waals surface area contributed by atoms with Gasteiger partial charge in [-0.1, -0.05) is 12.1 Å². The van der Waals surface area contributed by atoms with Gasteiger partial charge >= 0.3 is 6.03 Å². The Hall–Kier alpha value is -1.75. The summed E-state index contributed by atoms with van der Waals surface area (Å²) in [7, 11) is 3.91. The predicted molar refractivity (Wildman–Crippen MR) is 75.4 cm³/mol. The molecule has 1 aromatic carbocycles. The van der Waals surface area contributed by atoms with Crippen molar-refractivity contribution in [2.45, 2.75) is 18.9 Å². The molecule has 0 atom stereocenters. The number of anilines is 1. The molecule has 5 nitrogen and oxygen atoms in total. The number of benzene rings is 1. The third-order valence-corrected chi connectivity index (χ3v) is 3.70. The molecule has 0 saturated carbocycles. The molecule has 0 bridgehead atoms. The number of rotatable bonds is 2. The zero-order valence-electron chi connectivity index (χ0n) is 11.5. The summed E-state index contributed by atoms with van der Waals surface area (Å²) in [6.07, 6.45) is 1.97. The lowest BCUT2D eigenvalue weighted by atomic mass is 10.0. The molecule has 1 aromatic rings. The maximum Gasteiger partial charge on any atom is 0.321 e. The van der Waals surface area contributed by atoms with Crippen LogP contribution in [-0.2, 0) is 0 Å². The Labute approximate surface area is 113 Å². The van der Waals surface area contributed by atoms with Crippen molar-refractivity contribution >= 4 is 11.7 Å². The molecule has 1 aliphatic rings. The van der Waals surface area contributed by atoms with Gasteiger partial charge in [-0.2, -0.15) is 0 Å². The van der Waals surface area contributed by atoms with E-state index in [2.05, 4.69) is 17.3 Å².